The number of hydrogen-bond donors (Lipinski definition) is 0. The Hall–Kier alpha value is -2.55. The normalized spacial score (nSPS) is 10.5. The third-order valence-electron chi connectivity index (χ3n) is 3.22. The van der Waals surface area contributed by atoms with Crippen LogP contribution in [0.3, 0.4) is 0 Å². The predicted molar refractivity (Wildman–Crippen MR) is 80.3 cm³/mol. The van der Waals surface area contributed by atoms with Crippen molar-refractivity contribution in [2.45, 2.75) is 6.92 Å². The van der Waals surface area contributed by atoms with Crippen molar-refractivity contribution in [1.82, 2.24) is 9.78 Å². The maximum Gasteiger partial charge on any atom is 0.119 e. The molecule has 0 spiro atoms. The van der Waals surface area contributed by atoms with E-state index in [1.807, 2.05) is 54.1 Å². The number of benzene rings is 2. The molecule has 0 fully saturated rings. The van der Waals surface area contributed by atoms with Crippen LogP contribution in [0, 0.1) is 6.92 Å². The fourth-order valence-corrected chi connectivity index (χ4v) is 2.23. The highest BCUT2D eigenvalue weighted by Gasteiger charge is 2.09. The first-order valence-corrected chi connectivity index (χ1v) is 6.54. The minimum absolute atomic E-state index is 0.846. The average molecular weight is 264 g/mol. The van der Waals surface area contributed by atoms with Crippen LogP contribution in [-0.2, 0) is 0 Å². The molecule has 3 rings (SSSR count). The van der Waals surface area contributed by atoms with Crippen LogP contribution in [0.1, 0.15) is 5.69 Å². The second-order valence-electron chi connectivity index (χ2n) is 4.65. The lowest BCUT2D eigenvalue weighted by Gasteiger charge is -2.08. The van der Waals surface area contributed by atoms with E-state index in [1.54, 1.807) is 7.11 Å². The van der Waals surface area contributed by atoms with Gasteiger partial charge in [0.2, 0.25) is 0 Å². The molecule has 1 aromatic heterocycles. The lowest BCUT2D eigenvalue weighted by molar-refractivity contribution is 0.414. The summed E-state index contributed by atoms with van der Waals surface area (Å²) in [6.07, 6.45) is 0. The Labute approximate surface area is 118 Å². The van der Waals surface area contributed by atoms with Gasteiger partial charge in [0, 0.05) is 5.56 Å². The standard InChI is InChI=1S/C17H16N2O/c1-13-12-17(14-6-4-3-5-7-14)19(18-13)15-8-10-16(20-2)11-9-15/h3-12H,1-2H3. The van der Waals surface area contributed by atoms with E-state index in [0.29, 0.717) is 0 Å². The molecular formula is C17H16N2O. The summed E-state index contributed by atoms with van der Waals surface area (Å²) in [6.45, 7) is 2.01. The fourth-order valence-electron chi connectivity index (χ4n) is 2.23. The molecule has 3 nitrogen and oxygen atoms in total. The molecule has 20 heavy (non-hydrogen) atoms. The van der Waals surface area contributed by atoms with Gasteiger partial charge in [0.15, 0.2) is 0 Å². The third-order valence-corrected chi connectivity index (χ3v) is 3.22. The van der Waals surface area contributed by atoms with E-state index in [1.165, 1.54) is 0 Å². The fraction of sp³-hybridized carbons (Fsp3) is 0.118. The molecule has 0 bridgehead atoms. The first kappa shape index (κ1) is 12.5. The molecule has 2 aromatic carbocycles. The van der Waals surface area contributed by atoms with E-state index >= 15 is 0 Å². The van der Waals surface area contributed by atoms with Crippen LogP contribution in [0.5, 0.6) is 5.75 Å². The van der Waals surface area contributed by atoms with Gasteiger partial charge in [-0.25, -0.2) is 4.68 Å². The summed E-state index contributed by atoms with van der Waals surface area (Å²) in [4.78, 5) is 0. The molecule has 0 atom stereocenters. The highest BCUT2D eigenvalue weighted by atomic mass is 16.5. The third kappa shape index (κ3) is 2.30. The van der Waals surface area contributed by atoms with Crippen LogP contribution in [0.4, 0.5) is 0 Å². The van der Waals surface area contributed by atoms with Crippen molar-refractivity contribution < 1.29 is 4.74 Å². The van der Waals surface area contributed by atoms with E-state index < -0.39 is 0 Å². The molecule has 0 radical (unpaired) electrons. The molecule has 0 aliphatic heterocycles. The van der Waals surface area contributed by atoms with Crippen LogP contribution in [0.2, 0.25) is 0 Å². The number of rotatable bonds is 3. The zero-order valence-corrected chi connectivity index (χ0v) is 11.6. The molecule has 0 saturated carbocycles. The smallest absolute Gasteiger partial charge is 0.119 e. The molecule has 0 saturated heterocycles. The van der Waals surface area contributed by atoms with E-state index in [-0.39, 0.29) is 0 Å². The van der Waals surface area contributed by atoms with Crippen molar-refractivity contribution in [2.75, 3.05) is 7.11 Å². The lowest BCUT2D eigenvalue weighted by Crippen LogP contribution is -1.99. The van der Waals surface area contributed by atoms with Gasteiger partial charge in [0.05, 0.1) is 24.2 Å². The maximum absolute atomic E-state index is 5.20. The first-order chi connectivity index (χ1) is 9.78. The molecule has 100 valence electrons. The van der Waals surface area contributed by atoms with Gasteiger partial charge >= 0.3 is 0 Å². The largest absolute Gasteiger partial charge is 0.497 e. The van der Waals surface area contributed by atoms with Crippen molar-refractivity contribution >= 4 is 0 Å². The highest BCUT2D eigenvalue weighted by Crippen LogP contribution is 2.24. The second-order valence-corrected chi connectivity index (χ2v) is 4.65. The Morgan fingerprint density at radius 3 is 2.30 bits per heavy atom. The SMILES string of the molecule is COc1ccc(-n2nc(C)cc2-c2ccccc2)cc1. The number of aryl methyl sites for hydroxylation is 1. The van der Waals surface area contributed by atoms with Crippen molar-refractivity contribution in [2.24, 2.45) is 0 Å². The van der Waals surface area contributed by atoms with E-state index in [4.69, 9.17) is 4.74 Å². The lowest BCUT2D eigenvalue weighted by atomic mass is 10.1. The van der Waals surface area contributed by atoms with Gasteiger partial charge in [-0.15, -0.1) is 0 Å². The number of hydrogen-bond acceptors (Lipinski definition) is 2. The topological polar surface area (TPSA) is 27.1 Å². The van der Waals surface area contributed by atoms with Gasteiger partial charge in [0.1, 0.15) is 5.75 Å². The molecular weight excluding hydrogens is 248 g/mol. The number of aromatic nitrogens is 2. The van der Waals surface area contributed by atoms with Gasteiger partial charge in [0.25, 0.3) is 0 Å². The number of ether oxygens (including phenoxy) is 1. The van der Waals surface area contributed by atoms with Gasteiger partial charge in [-0.3, -0.25) is 0 Å². The van der Waals surface area contributed by atoms with Crippen molar-refractivity contribution in [3.8, 4) is 22.7 Å². The summed E-state index contributed by atoms with van der Waals surface area (Å²) in [5.41, 5.74) is 4.27. The van der Waals surface area contributed by atoms with Crippen LogP contribution in [0.25, 0.3) is 16.9 Å². The van der Waals surface area contributed by atoms with Crippen molar-refractivity contribution in [3.63, 3.8) is 0 Å². The minimum Gasteiger partial charge on any atom is -0.497 e. The Bertz CT molecular complexity index is 700. The van der Waals surface area contributed by atoms with Crippen LogP contribution < -0.4 is 4.74 Å². The molecule has 0 unspecified atom stereocenters. The molecule has 0 amide bonds. The number of nitrogens with zero attached hydrogens (tertiary/aromatic N) is 2. The molecule has 0 N–H and O–H groups in total. The van der Waals surface area contributed by atoms with Crippen LogP contribution in [0.15, 0.2) is 60.7 Å². The van der Waals surface area contributed by atoms with Gasteiger partial charge < -0.3 is 4.74 Å². The van der Waals surface area contributed by atoms with Crippen LogP contribution in [-0.4, -0.2) is 16.9 Å². The summed E-state index contributed by atoms with van der Waals surface area (Å²) in [5, 5.41) is 4.59. The van der Waals surface area contributed by atoms with E-state index in [2.05, 4.69) is 23.3 Å². The minimum atomic E-state index is 0.846. The van der Waals surface area contributed by atoms with Gasteiger partial charge in [-0.05, 0) is 37.3 Å². The van der Waals surface area contributed by atoms with Gasteiger partial charge in [-0.1, -0.05) is 30.3 Å². The Kier molecular flexibility index (Phi) is 3.25. The van der Waals surface area contributed by atoms with Crippen molar-refractivity contribution in [1.29, 1.82) is 0 Å². The Morgan fingerprint density at radius 2 is 1.65 bits per heavy atom. The molecule has 3 heteroatoms. The highest BCUT2D eigenvalue weighted by molar-refractivity contribution is 5.62. The summed E-state index contributed by atoms with van der Waals surface area (Å²) < 4.78 is 7.16. The van der Waals surface area contributed by atoms with E-state index in [0.717, 1.165) is 28.4 Å². The maximum atomic E-state index is 5.20. The predicted octanol–water partition coefficient (Wildman–Crippen LogP) is 3.86. The van der Waals surface area contributed by atoms with Gasteiger partial charge in [-0.2, -0.15) is 5.10 Å². The quantitative estimate of drug-likeness (QED) is 0.718. The monoisotopic (exact) mass is 264 g/mol. The molecule has 0 aliphatic rings. The first-order valence-electron chi connectivity index (χ1n) is 6.54. The summed E-state index contributed by atoms with van der Waals surface area (Å²) >= 11 is 0. The summed E-state index contributed by atoms with van der Waals surface area (Å²) in [6, 6.07) is 20.3. The molecule has 0 aliphatic carbocycles. The average Bonchev–Trinajstić information content (AvgIpc) is 2.90. The summed E-state index contributed by atoms with van der Waals surface area (Å²) in [5.74, 6) is 0.846. The molecule has 3 aromatic rings. The summed E-state index contributed by atoms with van der Waals surface area (Å²) in [7, 11) is 1.67. The van der Waals surface area contributed by atoms with E-state index in [9.17, 15) is 0 Å². The zero-order valence-electron chi connectivity index (χ0n) is 11.6. The molecule has 1 heterocycles. The van der Waals surface area contributed by atoms with Crippen LogP contribution >= 0.6 is 0 Å². The number of methoxy groups -OCH3 is 1. The zero-order chi connectivity index (χ0) is 13.9. The Balaban J connectivity index is 2.09. The second kappa shape index (κ2) is 5.21. The van der Waals surface area contributed by atoms with Crippen molar-refractivity contribution in [3.05, 3.63) is 66.4 Å². The Morgan fingerprint density at radius 1 is 0.950 bits per heavy atom.